The van der Waals surface area contributed by atoms with E-state index >= 15 is 0 Å². The minimum atomic E-state index is -2.16. The summed E-state index contributed by atoms with van der Waals surface area (Å²) < 4.78 is 19.7. The Morgan fingerprint density at radius 3 is 2.52 bits per heavy atom. The molecule has 1 heterocycles. The average Bonchev–Trinajstić information content (AvgIpc) is 3.02. The molecule has 0 bridgehead atoms. The van der Waals surface area contributed by atoms with Gasteiger partial charge < -0.3 is 9.64 Å². The Morgan fingerprint density at radius 1 is 1.36 bits per heavy atom. The highest BCUT2D eigenvalue weighted by atomic mass is 19.1. The van der Waals surface area contributed by atoms with E-state index in [9.17, 15) is 18.8 Å². The number of nitrogens with one attached hydrogen (secondary N) is 1. The summed E-state index contributed by atoms with van der Waals surface area (Å²) in [6.45, 7) is 7.41. The monoisotopic (exact) mass is 360 g/mol. The summed E-state index contributed by atoms with van der Waals surface area (Å²) in [6, 6.07) is -0.764. The Hall–Kier alpha value is -1.70. The normalized spacial score (nSPS) is 20.1. The quantitative estimate of drug-likeness (QED) is 0.411. The van der Waals surface area contributed by atoms with Gasteiger partial charge in [-0.05, 0) is 40.0 Å². The van der Waals surface area contributed by atoms with Crippen LogP contribution in [0, 0.1) is 5.92 Å². The van der Waals surface area contributed by atoms with Crippen LogP contribution < -0.4 is 5.48 Å². The molecule has 8 heteroatoms. The third-order valence-electron chi connectivity index (χ3n) is 4.11. The molecule has 144 valence electrons. The molecule has 0 aromatic rings. The molecule has 3 atom stereocenters. The van der Waals surface area contributed by atoms with Crippen molar-refractivity contribution >= 4 is 17.8 Å². The maximum absolute atomic E-state index is 14.4. The van der Waals surface area contributed by atoms with Crippen molar-refractivity contribution in [3.63, 3.8) is 0 Å². The molecular formula is C17H29FN2O5. The lowest BCUT2D eigenvalue weighted by atomic mass is 9.94. The molecule has 1 saturated heterocycles. The summed E-state index contributed by atoms with van der Waals surface area (Å²) in [5.74, 6) is -3.58. The minimum absolute atomic E-state index is 0.168. The van der Waals surface area contributed by atoms with Gasteiger partial charge in [-0.25, -0.2) is 14.7 Å². The number of unbranched alkanes of at least 4 members (excludes halogenated alkanes) is 1. The largest absolute Gasteiger partial charge is 0.458 e. The molecule has 1 rings (SSSR count). The maximum atomic E-state index is 14.4. The van der Waals surface area contributed by atoms with E-state index < -0.39 is 41.5 Å². The van der Waals surface area contributed by atoms with Crippen molar-refractivity contribution in [1.29, 1.82) is 0 Å². The highest BCUT2D eigenvalue weighted by Crippen LogP contribution is 2.27. The summed E-state index contributed by atoms with van der Waals surface area (Å²) in [4.78, 5) is 37.9. The van der Waals surface area contributed by atoms with Gasteiger partial charge in [-0.2, -0.15) is 0 Å². The van der Waals surface area contributed by atoms with Crippen LogP contribution in [0.2, 0.25) is 0 Å². The molecule has 0 radical (unpaired) electrons. The molecule has 1 aliphatic rings. The lowest BCUT2D eigenvalue weighted by molar-refractivity contribution is -0.164. The van der Waals surface area contributed by atoms with Crippen LogP contribution in [0.15, 0.2) is 0 Å². The van der Waals surface area contributed by atoms with Crippen LogP contribution in [-0.2, 0) is 19.1 Å². The lowest BCUT2D eigenvalue weighted by Gasteiger charge is -2.30. The van der Waals surface area contributed by atoms with Crippen molar-refractivity contribution in [1.82, 2.24) is 10.4 Å². The third kappa shape index (κ3) is 5.95. The fraction of sp³-hybridized carbons (Fsp3) is 0.824. The van der Waals surface area contributed by atoms with Crippen molar-refractivity contribution in [2.24, 2.45) is 5.92 Å². The number of rotatable bonds is 7. The van der Waals surface area contributed by atoms with E-state index in [0.29, 0.717) is 25.8 Å². The zero-order valence-corrected chi connectivity index (χ0v) is 15.4. The number of carbonyl (C=O) groups excluding carboxylic acids is 3. The molecule has 2 amide bonds. The van der Waals surface area contributed by atoms with Crippen molar-refractivity contribution in [3.8, 4) is 0 Å². The van der Waals surface area contributed by atoms with Crippen molar-refractivity contribution < 1.29 is 28.7 Å². The number of hydrogen-bond acceptors (Lipinski definition) is 5. The van der Waals surface area contributed by atoms with E-state index in [4.69, 9.17) is 9.94 Å². The molecule has 1 aliphatic heterocycles. The Labute approximate surface area is 147 Å². The molecule has 0 aromatic carbocycles. The van der Waals surface area contributed by atoms with Crippen LogP contribution in [0.1, 0.15) is 59.8 Å². The Bertz CT molecular complexity index is 492. The number of carbonyl (C=O) groups is 3. The molecule has 0 unspecified atom stereocenters. The SMILES string of the molecule is CCCC[C@@H](C(=O)N1CCC[C@H]1C(=O)OC(C)(C)C)[C@@H](F)C(=O)NO. The van der Waals surface area contributed by atoms with E-state index in [1.54, 1.807) is 20.8 Å². The molecule has 0 spiro atoms. The first kappa shape index (κ1) is 21.3. The fourth-order valence-electron chi connectivity index (χ4n) is 2.92. The van der Waals surface area contributed by atoms with Gasteiger partial charge in [-0.3, -0.25) is 14.8 Å². The van der Waals surface area contributed by atoms with Gasteiger partial charge in [0.25, 0.3) is 5.91 Å². The molecule has 1 fully saturated rings. The summed E-state index contributed by atoms with van der Waals surface area (Å²) in [7, 11) is 0. The van der Waals surface area contributed by atoms with Crippen LogP contribution in [0.3, 0.4) is 0 Å². The summed E-state index contributed by atoms with van der Waals surface area (Å²) in [5.41, 5.74) is 0.571. The molecule has 0 aliphatic carbocycles. The molecule has 0 aromatic heterocycles. The standard InChI is InChI=1S/C17H29FN2O5/c1-5-6-8-11(13(18)14(21)19-24)15(22)20-10-7-9-12(20)16(23)25-17(2,3)4/h11-13,24H,5-10H2,1-4H3,(H,19,21)/t11-,12+,13-/m1/s1. The number of alkyl halides is 1. The van der Waals surface area contributed by atoms with E-state index in [-0.39, 0.29) is 6.42 Å². The number of ether oxygens (including phenoxy) is 1. The lowest BCUT2D eigenvalue weighted by Crippen LogP contribution is -2.49. The van der Waals surface area contributed by atoms with Gasteiger partial charge >= 0.3 is 5.97 Å². The molecule has 0 saturated carbocycles. The number of esters is 1. The smallest absolute Gasteiger partial charge is 0.329 e. The van der Waals surface area contributed by atoms with E-state index in [1.807, 2.05) is 6.92 Å². The second-order valence-electron chi connectivity index (χ2n) is 7.35. The molecular weight excluding hydrogens is 331 g/mol. The van der Waals surface area contributed by atoms with Crippen molar-refractivity contribution in [3.05, 3.63) is 0 Å². The average molecular weight is 360 g/mol. The highest BCUT2D eigenvalue weighted by Gasteiger charge is 2.42. The highest BCUT2D eigenvalue weighted by molar-refractivity contribution is 5.91. The predicted molar refractivity (Wildman–Crippen MR) is 88.4 cm³/mol. The van der Waals surface area contributed by atoms with Gasteiger partial charge in [0.05, 0.1) is 5.92 Å². The first-order valence-corrected chi connectivity index (χ1v) is 8.73. The van der Waals surface area contributed by atoms with Crippen LogP contribution in [0.5, 0.6) is 0 Å². The summed E-state index contributed by atoms with van der Waals surface area (Å²) >= 11 is 0. The second-order valence-corrected chi connectivity index (χ2v) is 7.35. The Morgan fingerprint density at radius 2 is 2.00 bits per heavy atom. The number of hydrogen-bond donors (Lipinski definition) is 2. The van der Waals surface area contributed by atoms with Crippen LogP contribution >= 0.6 is 0 Å². The van der Waals surface area contributed by atoms with Gasteiger partial charge in [-0.1, -0.05) is 19.8 Å². The maximum Gasteiger partial charge on any atom is 0.329 e. The van der Waals surface area contributed by atoms with Crippen molar-refractivity contribution in [2.45, 2.75) is 77.6 Å². The Kier molecular flexibility index (Phi) is 7.79. The second kappa shape index (κ2) is 9.12. The first-order chi connectivity index (χ1) is 11.6. The van der Waals surface area contributed by atoms with Gasteiger partial charge in [0.1, 0.15) is 11.6 Å². The first-order valence-electron chi connectivity index (χ1n) is 8.73. The number of hydroxylamine groups is 1. The zero-order chi connectivity index (χ0) is 19.2. The number of nitrogens with zero attached hydrogens (tertiary/aromatic N) is 1. The molecule has 7 nitrogen and oxygen atoms in total. The van der Waals surface area contributed by atoms with Crippen LogP contribution in [-0.4, -0.2) is 52.3 Å². The summed E-state index contributed by atoms with van der Waals surface area (Å²) in [5, 5.41) is 8.66. The fourth-order valence-corrected chi connectivity index (χ4v) is 2.92. The van der Waals surface area contributed by atoms with Crippen molar-refractivity contribution in [2.75, 3.05) is 6.54 Å². The van der Waals surface area contributed by atoms with Gasteiger partial charge in [0.2, 0.25) is 5.91 Å². The topological polar surface area (TPSA) is 95.9 Å². The predicted octanol–water partition coefficient (Wildman–Crippen LogP) is 1.97. The minimum Gasteiger partial charge on any atom is -0.458 e. The molecule has 2 N–H and O–H groups in total. The van der Waals surface area contributed by atoms with Gasteiger partial charge in [0, 0.05) is 6.54 Å². The van der Waals surface area contributed by atoms with E-state index in [0.717, 1.165) is 6.42 Å². The van der Waals surface area contributed by atoms with Crippen LogP contribution in [0.4, 0.5) is 4.39 Å². The van der Waals surface area contributed by atoms with Gasteiger partial charge in [-0.15, -0.1) is 0 Å². The van der Waals surface area contributed by atoms with Crippen LogP contribution in [0.25, 0.3) is 0 Å². The van der Waals surface area contributed by atoms with Gasteiger partial charge in [0.15, 0.2) is 6.17 Å². The number of likely N-dealkylation sites (tertiary alicyclic amines) is 1. The number of amides is 2. The van der Waals surface area contributed by atoms with E-state index in [2.05, 4.69) is 0 Å². The molecule has 25 heavy (non-hydrogen) atoms. The third-order valence-corrected chi connectivity index (χ3v) is 4.11. The number of halogens is 1. The summed E-state index contributed by atoms with van der Waals surface area (Å²) in [6.07, 6.45) is 0.349. The Balaban J connectivity index is 2.93. The zero-order valence-electron chi connectivity index (χ0n) is 15.4. The van der Waals surface area contributed by atoms with E-state index in [1.165, 1.54) is 10.4 Å².